The maximum atomic E-state index is 11.8. The molecule has 1 saturated carbocycles. The highest BCUT2D eigenvalue weighted by Gasteiger charge is 2.40. The summed E-state index contributed by atoms with van der Waals surface area (Å²) in [6.45, 7) is 3.56. The molecule has 1 heterocycles. The Bertz CT molecular complexity index is 480. The van der Waals surface area contributed by atoms with Gasteiger partial charge in [0, 0.05) is 6.42 Å². The summed E-state index contributed by atoms with van der Waals surface area (Å²) in [5, 5.41) is 15.2. The standard InChI is InChI=1S/C11H15N3O3/c1-7-8(12-10(16)17)6-14(13-7)11(2)5-3-4-9(11)15/h6,12H,3-5H2,1-2H3,(H,16,17). The second-order valence-corrected chi connectivity index (χ2v) is 4.55. The van der Waals surface area contributed by atoms with E-state index in [-0.39, 0.29) is 5.78 Å². The van der Waals surface area contributed by atoms with Crippen LogP contribution in [-0.4, -0.2) is 26.8 Å². The zero-order chi connectivity index (χ0) is 12.6. The number of rotatable bonds is 2. The first-order chi connectivity index (χ1) is 7.93. The maximum absolute atomic E-state index is 11.8. The summed E-state index contributed by atoms with van der Waals surface area (Å²) in [4.78, 5) is 22.4. The minimum Gasteiger partial charge on any atom is -0.465 e. The number of amides is 1. The summed E-state index contributed by atoms with van der Waals surface area (Å²) in [6.07, 6.45) is 2.63. The SMILES string of the molecule is Cc1nn(C2(C)CCCC2=O)cc1NC(=O)O. The van der Waals surface area contributed by atoms with Crippen molar-refractivity contribution in [2.24, 2.45) is 0 Å². The molecule has 17 heavy (non-hydrogen) atoms. The highest BCUT2D eigenvalue weighted by Crippen LogP contribution is 2.33. The van der Waals surface area contributed by atoms with Gasteiger partial charge in [0.25, 0.3) is 0 Å². The highest BCUT2D eigenvalue weighted by molar-refractivity contribution is 5.88. The summed E-state index contributed by atoms with van der Waals surface area (Å²) in [7, 11) is 0. The molecule has 6 nitrogen and oxygen atoms in total. The fraction of sp³-hybridized carbons (Fsp3) is 0.545. The molecule has 1 fully saturated rings. The fourth-order valence-corrected chi connectivity index (χ4v) is 2.19. The number of nitrogens with one attached hydrogen (secondary N) is 1. The molecule has 1 aliphatic carbocycles. The van der Waals surface area contributed by atoms with Crippen molar-refractivity contribution in [2.45, 2.75) is 38.6 Å². The first-order valence-corrected chi connectivity index (χ1v) is 5.53. The fourth-order valence-electron chi connectivity index (χ4n) is 2.19. The van der Waals surface area contributed by atoms with Crippen LogP contribution in [0.4, 0.5) is 10.5 Å². The average Bonchev–Trinajstić information content (AvgIpc) is 2.74. The van der Waals surface area contributed by atoms with Gasteiger partial charge in [0.2, 0.25) is 0 Å². The van der Waals surface area contributed by atoms with Crippen molar-refractivity contribution in [3.8, 4) is 0 Å². The number of nitrogens with zero attached hydrogens (tertiary/aromatic N) is 2. The minimum absolute atomic E-state index is 0.155. The van der Waals surface area contributed by atoms with Gasteiger partial charge in [0.1, 0.15) is 5.54 Å². The van der Waals surface area contributed by atoms with Gasteiger partial charge in [0.05, 0.1) is 17.6 Å². The predicted molar refractivity (Wildman–Crippen MR) is 61.1 cm³/mol. The minimum atomic E-state index is -1.13. The number of aromatic nitrogens is 2. The van der Waals surface area contributed by atoms with Crippen LogP contribution in [0.25, 0.3) is 0 Å². The van der Waals surface area contributed by atoms with Crippen molar-refractivity contribution in [1.82, 2.24) is 9.78 Å². The molecule has 0 spiro atoms. The molecule has 1 amide bonds. The van der Waals surface area contributed by atoms with E-state index in [1.54, 1.807) is 17.8 Å². The lowest BCUT2D eigenvalue weighted by Gasteiger charge is -2.22. The largest absolute Gasteiger partial charge is 0.465 e. The molecule has 2 N–H and O–H groups in total. The van der Waals surface area contributed by atoms with Crippen LogP contribution in [0, 0.1) is 6.92 Å². The van der Waals surface area contributed by atoms with Crippen LogP contribution in [0.15, 0.2) is 6.20 Å². The molecule has 0 radical (unpaired) electrons. The Balaban J connectivity index is 2.34. The van der Waals surface area contributed by atoms with Crippen LogP contribution < -0.4 is 5.32 Å². The molecule has 1 atom stereocenters. The molecule has 6 heteroatoms. The number of carbonyl (C=O) groups excluding carboxylic acids is 1. The maximum Gasteiger partial charge on any atom is 0.409 e. The Morgan fingerprint density at radius 2 is 2.35 bits per heavy atom. The number of aryl methyl sites for hydroxylation is 1. The normalized spacial score (nSPS) is 24.0. The number of Topliss-reactive ketones (excluding diaryl/α,β-unsaturated/α-hetero) is 1. The van der Waals surface area contributed by atoms with Gasteiger partial charge in [-0.15, -0.1) is 0 Å². The number of carboxylic acid groups (broad SMARTS) is 1. The van der Waals surface area contributed by atoms with Crippen molar-refractivity contribution in [3.63, 3.8) is 0 Å². The molecule has 0 aromatic carbocycles. The summed E-state index contributed by atoms with van der Waals surface area (Å²) >= 11 is 0. The van der Waals surface area contributed by atoms with E-state index in [2.05, 4.69) is 10.4 Å². The van der Waals surface area contributed by atoms with Crippen molar-refractivity contribution in [3.05, 3.63) is 11.9 Å². The zero-order valence-corrected chi connectivity index (χ0v) is 9.86. The van der Waals surface area contributed by atoms with E-state index in [0.717, 1.165) is 12.8 Å². The van der Waals surface area contributed by atoms with E-state index in [4.69, 9.17) is 5.11 Å². The summed E-state index contributed by atoms with van der Waals surface area (Å²) in [5.41, 5.74) is 0.384. The van der Waals surface area contributed by atoms with E-state index in [1.165, 1.54) is 0 Å². The van der Waals surface area contributed by atoms with Crippen LogP contribution in [0.5, 0.6) is 0 Å². The van der Waals surface area contributed by atoms with Crippen molar-refractivity contribution in [2.75, 3.05) is 5.32 Å². The summed E-state index contributed by atoms with van der Waals surface area (Å²) in [6, 6.07) is 0. The van der Waals surface area contributed by atoms with Crippen molar-refractivity contribution in [1.29, 1.82) is 0 Å². The molecular formula is C11H15N3O3. The van der Waals surface area contributed by atoms with Gasteiger partial charge in [-0.05, 0) is 26.7 Å². The number of ketones is 1. The molecule has 2 rings (SSSR count). The number of carbonyl (C=O) groups is 2. The van der Waals surface area contributed by atoms with Gasteiger partial charge >= 0.3 is 6.09 Å². The average molecular weight is 237 g/mol. The molecule has 1 aromatic rings. The molecule has 1 aromatic heterocycles. The van der Waals surface area contributed by atoms with Gasteiger partial charge in [-0.25, -0.2) is 4.79 Å². The van der Waals surface area contributed by atoms with Gasteiger partial charge in [-0.2, -0.15) is 5.10 Å². The molecular weight excluding hydrogens is 222 g/mol. The van der Waals surface area contributed by atoms with Crippen LogP contribution in [-0.2, 0) is 10.3 Å². The third kappa shape index (κ3) is 1.90. The zero-order valence-electron chi connectivity index (χ0n) is 9.86. The molecule has 1 aliphatic rings. The highest BCUT2D eigenvalue weighted by atomic mass is 16.4. The predicted octanol–water partition coefficient (Wildman–Crippen LogP) is 1.75. The summed E-state index contributed by atoms with van der Waals surface area (Å²) < 4.78 is 1.59. The number of hydrogen-bond donors (Lipinski definition) is 2. The lowest BCUT2D eigenvalue weighted by Crippen LogP contribution is -2.34. The van der Waals surface area contributed by atoms with Gasteiger partial charge in [-0.3, -0.25) is 14.8 Å². The summed E-state index contributed by atoms with van der Waals surface area (Å²) in [5.74, 6) is 0.155. The molecule has 0 bridgehead atoms. The topological polar surface area (TPSA) is 84.2 Å². The van der Waals surface area contributed by atoms with Gasteiger partial charge < -0.3 is 5.11 Å². The second-order valence-electron chi connectivity index (χ2n) is 4.55. The van der Waals surface area contributed by atoms with Crippen LogP contribution in [0.3, 0.4) is 0 Å². The monoisotopic (exact) mass is 237 g/mol. The molecule has 0 aliphatic heterocycles. The second kappa shape index (κ2) is 3.87. The molecule has 0 saturated heterocycles. The Kier molecular flexibility index (Phi) is 2.65. The van der Waals surface area contributed by atoms with E-state index < -0.39 is 11.6 Å². The van der Waals surface area contributed by atoms with Crippen LogP contribution in [0.2, 0.25) is 0 Å². The number of hydrogen-bond acceptors (Lipinski definition) is 3. The Hall–Kier alpha value is -1.85. The smallest absolute Gasteiger partial charge is 0.409 e. The first kappa shape index (κ1) is 11.6. The molecule has 92 valence electrons. The third-order valence-electron chi connectivity index (χ3n) is 3.31. The van der Waals surface area contributed by atoms with Crippen molar-refractivity contribution < 1.29 is 14.7 Å². The van der Waals surface area contributed by atoms with Crippen LogP contribution >= 0.6 is 0 Å². The van der Waals surface area contributed by atoms with E-state index in [9.17, 15) is 9.59 Å². The van der Waals surface area contributed by atoms with Crippen LogP contribution in [0.1, 0.15) is 31.9 Å². The third-order valence-corrected chi connectivity index (χ3v) is 3.31. The van der Waals surface area contributed by atoms with E-state index in [1.807, 2.05) is 6.92 Å². The van der Waals surface area contributed by atoms with Crippen molar-refractivity contribution >= 4 is 17.6 Å². The Labute approximate surface area is 98.6 Å². The Morgan fingerprint density at radius 1 is 1.65 bits per heavy atom. The van der Waals surface area contributed by atoms with Gasteiger partial charge in [0.15, 0.2) is 5.78 Å². The quantitative estimate of drug-likeness (QED) is 0.820. The number of anilines is 1. The Morgan fingerprint density at radius 3 is 2.88 bits per heavy atom. The lowest BCUT2D eigenvalue weighted by atomic mass is 10.0. The first-order valence-electron chi connectivity index (χ1n) is 5.53. The molecule has 1 unspecified atom stereocenters. The van der Waals surface area contributed by atoms with E-state index >= 15 is 0 Å². The lowest BCUT2D eigenvalue weighted by molar-refractivity contribution is -0.124. The van der Waals surface area contributed by atoms with Gasteiger partial charge in [-0.1, -0.05) is 0 Å². The van der Waals surface area contributed by atoms with E-state index in [0.29, 0.717) is 17.8 Å².